The van der Waals surface area contributed by atoms with Gasteiger partial charge in [-0.15, -0.1) is 0 Å². The first-order chi connectivity index (χ1) is 14.1. The lowest BCUT2D eigenvalue weighted by atomic mass is 10.1. The fourth-order valence-corrected chi connectivity index (χ4v) is 2.84. The average molecular weight is 489 g/mol. The summed E-state index contributed by atoms with van der Waals surface area (Å²) >= 11 is 3.25. The monoisotopic (exact) mass is 488 g/mol. The van der Waals surface area contributed by atoms with Crippen molar-refractivity contribution in [3.63, 3.8) is 0 Å². The molecule has 0 unspecified atom stereocenters. The maximum absolute atomic E-state index is 12.8. The van der Waals surface area contributed by atoms with E-state index >= 15 is 0 Å². The van der Waals surface area contributed by atoms with Crippen LogP contribution in [0.2, 0.25) is 0 Å². The van der Waals surface area contributed by atoms with Crippen molar-refractivity contribution < 1.29 is 37.3 Å². The molecule has 1 amide bonds. The predicted octanol–water partition coefficient (Wildman–Crippen LogP) is 4.09. The summed E-state index contributed by atoms with van der Waals surface area (Å²) in [5.41, 5.74) is 1.46. The summed E-state index contributed by atoms with van der Waals surface area (Å²) in [6.45, 7) is 1.44. The number of carbonyl (C=O) groups is 2. The third-order valence-corrected chi connectivity index (χ3v) is 4.09. The third kappa shape index (κ3) is 6.48. The van der Waals surface area contributed by atoms with E-state index < -0.39 is 30.2 Å². The highest BCUT2D eigenvalue weighted by Gasteiger charge is 2.30. The second kappa shape index (κ2) is 10.1. The summed E-state index contributed by atoms with van der Waals surface area (Å²) in [5, 5.41) is 12.5. The number of nitrogens with one attached hydrogen (secondary N) is 1. The van der Waals surface area contributed by atoms with E-state index in [9.17, 15) is 22.8 Å². The van der Waals surface area contributed by atoms with E-state index in [1.165, 1.54) is 18.3 Å². The molecule has 0 fully saturated rings. The number of carboxylic acids is 1. The number of carboxylic acid groups (broad SMARTS) is 1. The van der Waals surface area contributed by atoms with Crippen LogP contribution < -0.4 is 14.9 Å². The zero-order chi connectivity index (χ0) is 22.3. The minimum atomic E-state index is -4.56. The van der Waals surface area contributed by atoms with Crippen molar-refractivity contribution >= 4 is 34.0 Å². The Morgan fingerprint density at radius 2 is 1.97 bits per heavy atom. The molecule has 0 bridgehead atoms. The number of hydrogen-bond donors (Lipinski definition) is 2. The Labute approximate surface area is 177 Å². The molecule has 0 aliphatic heterocycles. The number of carbonyl (C=O) groups excluding carboxylic acids is 1. The fourth-order valence-electron chi connectivity index (χ4n) is 2.27. The number of nitrogens with zero attached hydrogens (tertiary/aromatic N) is 1. The first-order valence-corrected chi connectivity index (χ1v) is 9.22. The van der Waals surface area contributed by atoms with Crippen molar-refractivity contribution in [1.82, 2.24) is 5.43 Å². The van der Waals surface area contributed by atoms with Gasteiger partial charge in [0.1, 0.15) is 0 Å². The number of hydrazone groups is 1. The molecule has 2 rings (SSSR count). The van der Waals surface area contributed by atoms with Crippen LogP contribution in [-0.2, 0) is 11.0 Å². The van der Waals surface area contributed by atoms with Crippen LogP contribution in [0.3, 0.4) is 0 Å². The van der Waals surface area contributed by atoms with Crippen molar-refractivity contribution in [2.75, 3.05) is 13.2 Å². The largest absolute Gasteiger partial charge is 0.490 e. The van der Waals surface area contributed by atoms with Gasteiger partial charge in [-0.05, 0) is 58.7 Å². The molecule has 11 heteroatoms. The third-order valence-electron chi connectivity index (χ3n) is 3.50. The number of rotatable bonds is 8. The van der Waals surface area contributed by atoms with Crippen molar-refractivity contribution in [3.8, 4) is 11.5 Å². The summed E-state index contributed by atoms with van der Waals surface area (Å²) < 4.78 is 49.3. The molecule has 0 atom stereocenters. The summed E-state index contributed by atoms with van der Waals surface area (Å²) in [4.78, 5) is 22.8. The van der Waals surface area contributed by atoms with Gasteiger partial charge in [-0.3, -0.25) is 4.79 Å². The van der Waals surface area contributed by atoms with E-state index in [2.05, 4.69) is 26.5 Å². The Bertz CT molecular complexity index is 964. The quantitative estimate of drug-likeness (QED) is 0.430. The molecule has 2 aromatic rings. The molecular formula is C19H16BrF3N2O5. The van der Waals surface area contributed by atoms with Crippen LogP contribution >= 0.6 is 15.9 Å². The highest BCUT2D eigenvalue weighted by molar-refractivity contribution is 9.10. The summed E-state index contributed by atoms with van der Waals surface area (Å²) in [7, 11) is 0. The Morgan fingerprint density at radius 1 is 1.23 bits per heavy atom. The van der Waals surface area contributed by atoms with E-state index in [0.29, 0.717) is 10.0 Å². The van der Waals surface area contributed by atoms with Crippen molar-refractivity contribution in [2.24, 2.45) is 5.10 Å². The number of amides is 1. The van der Waals surface area contributed by atoms with E-state index in [4.69, 9.17) is 14.6 Å². The molecule has 0 heterocycles. The summed E-state index contributed by atoms with van der Waals surface area (Å²) in [5.74, 6) is -1.54. The van der Waals surface area contributed by atoms with Gasteiger partial charge in [-0.2, -0.15) is 18.3 Å². The van der Waals surface area contributed by atoms with Crippen LogP contribution in [0.4, 0.5) is 13.2 Å². The molecule has 0 saturated heterocycles. The van der Waals surface area contributed by atoms with Crippen molar-refractivity contribution in [2.45, 2.75) is 13.1 Å². The van der Waals surface area contributed by atoms with Crippen LogP contribution in [0.15, 0.2) is 46.0 Å². The Hall–Kier alpha value is -3.08. The van der Waals surface area contributed by atoms with Crippen molar-refractivity contribution in [3.05, 3.63) is 57.6 Å². The lowest BCUT2D eigenvalue weighted by Gasteiger charge is -2.13. The van der Waals surface area contributed by atoms with E-state index in [1.54, 1.807) is 13.0 Å². The smallest absolute Gasteiger partial charge is 0.416 e. The number of alkyl halides is 3. The molecule has 0 aliphatic carbocycles. The number of benzene rings is 2. The molecule has 7 nitrogen and oxygen atoms in total. The Balaban J connectivity index is 2.15. The highest BCUT2D eigenvalue weighted by Crippen LogP contribution is 2.36. The number of halogens is 4. The lowest BCUT2D eigenvalue weighted by molar-refractivity contribution is -0.139. The second-order valence-corrected chi connectivity index (χ2v) is 6.58. The predicted molar refractivity (Wildman–Crippen MR) is 105 cm³/mol. The van der Waals surface area contributed by atoms with Crippen LogP contribution in [0, 0.1) is 0 Å². The number of hydrogen-bond acceptors (Lipinski definition) is 5. The molecule has 0 aromatic heterocycles. The first kappa shape index (κ1) is 23.2. The molecule has 160 valence electrons. The molecular weight excluding hydrogens is 473 g/mol. The topological polar surface area (TPSA) is 97.2 Å². The van der Waals surface area contributed by atoms with Gasteiger partial charge in [0.25, 0.3) is 5.91 Å². The van der Waals surface area contributed by atoms with Gasteiger partial charge in [-0.25, -0.2) is 10.2 Å². The van der Waals surface area contributed by atoms with E-state index in [-0.39, 0.29) is 23.7 Å². The number of aliphatic carboxylic acids is 1. The van der Waals surface area contributed by atoms with Gasteiger partial charge in [0.05, 0.1) is 22.9 Å². The minimum absolute atomic E-state index is 0.185. The van der Waals surface area contributed by atoms with E-state index in [1.807, 2.05) is 0 Å². The molecule has 0 aliphatic rings. The van der Waals surface area contributed by atoms with Crippen LogP contribution in [-0.4, -0.2) is 36.4 Å². The van der Waals surface area contributed by atoms with Crippen LogP contribution in [0.5, 0.6) is 11.5 Å². The molecule has 30 heavy (non-hydrogen) atoms. The van der Waals surface area contributed by atoms with Gasteiger partial charge in [0.2, 0.25) is 0 Å². The molecule has 0 radical (unpaired) electrons. The van der Waals surface area contributed by atoms with Gasteiger partial charge in [0.15, 0.2) is 18.1 Å². The van der Waals surface area contributed by atoms with Crippen LogP contribution in [0.1, 0.15) is 28.4 Å². The maximum Gasteiger partial charge on any atom is 0.416 e. The molecule has 2 N–H and O–H groups in total. The first-order valence-electron chi connectivity index (χ1n) is 8.43. The molecule has 2 aromatic carbocycles. The Kier molecular flexibility index (Phi) is 7.81. The zero-order valence-electron chi connectivity index (χ0n) is 15.5. The van der Waals surface area contributed by atoms with Gasteiger partial charge < -0.3 is 14.6 Å². The average Bonchev–Trinajstić information content (AvgIpc) is 2.66. The normalized spacial score (nSPS) is 11.4. The summed E-state index contributed by atoms with van der Waals surface area (Å²) in [6, 6.07) is 7.00. The lowest BCUT2D eigenvalue weighted by Crippen LogP contribution is -2.18. The van der Waals surface area contributed by atoms with Gasteiger partial charge in [0, 0.05) is 5.56 Å². The standard InChI is InChI=1S/C19H16BrF3N2O5/c1-2-29-15-7-11(6-14(20)17(15)30-10-16(26)27)9-24-25-18(28)12-4-3-5-13(8-12)19(21,22)23/h3-9H,2,10H2,1H3,(H,25,28)(H,26,27)/b24-9-. The minimum Gasteiger partial charge on any atom is -0.490 e. The van der Waals surface area contributed by atoms with Crippen molar-refractivity contribution in [1.29, 1.82) is 0 Å². The number of ether oxygens (including phenoxy) is 2. The fraction of sp³-hybridized carbons (Fsp3) is 0.211. The molecule has 0 saturated carbocycles. The van der Waals surface area contributed by atoms with E-state index in [0.717, 1.165) is 18.2 Å². The Morgan fingerprint density at radius 3 is 2.60 bits per heavy atom. The van der Waals surface area contributed by atoms with Gasteiger partial charge in [-0.1, -0.05) is 6.07 Å². The molecule has 0 spiro atoms. The van der Waals surface area contributed by atoms with Crippen LogP contribution in [0.25, 0.3) is 0 Å². The zero-order valence-corrected chi connectivity index (χ0v) is 17.1. The summed E-state index contributed by atoms with van der Waals surface area (Å²) in [6.07, 6.45) is -3.31. The maximum atomic E-state index is 12.8. The SMILES string of the molecule is CCOc1cc(/C=N\NC(=O)c2cccc(C(F)(F)F)c2)cc(Br)c1OCC(=O)O. The van der Waals surface area contributed by atoms with Gasteiger partial charge >= 0.3 is 12.1 Å². The highest BCUT2D eigenvalue weighted by atomic mass is 79.9. The second-order valence-electron chi connectivity index (χ2n) is 5.72.